The molecule has 0 aliphatic carbocycles. The molecule has 1 heterocycles. The van der Waals surface area contributed by atoms with Crippen molar-refractivity contribution >= 4 is 5.69 Å². The molecule has 2 rings (SSSR count). The van der Waals surface area contributed by atoms with Gasteiger partial charge < -0.3 is 10.8 Å². The molecule has 94 valence electrons. The first-order valence-electron chi connectivity index (χ1n) is 5.30. The maximum atomic E-state index is 13.2. The Balaban J connectivity index is 2.57. The van der Waals surface area contributed by atoms with Gasteiger partial charge in [0.25, 0.3) is 0 Å². The molecule has 18 heavy (non-hydrogen) atoms. The Hall–Kier alpha value is -2.01. The highest BCUT2D eigenvalue weighted by Crippen LogP contribution is 2.32. The van der Waals surface area contributed by atoms with Crippen LogP contribution in [0.3, 0.4) is 0 Å². The summed E-state index contributed by atoms with van der Waals surface area (Å²) in [6.07, 6.45) is 2.85. The van der Waals surface area contributed by atoms with Crippen LogP contribution >= 0.6 is 0 Å². The highest BCUT2D eigenvalue weighted by molar-refractivity contribution is 5.51. The van der Waals surface area contributed by atoms with E-state index in [1.54, 1.807) is 0 Å². The number of halogens is 2. The van der Waals surface area contributed by atoms with Gasteiger partial charge in [-0.3, -0.25) is 4.98 Å². The van der Waals surface area contributed by atoms with Crippen LogP contribution in [0.2, 0.25) is 0 Å². The number of rotatable bonds is 2. The SMILES string of the molecule is CC(O)(c1cc(F)cc(F)c1)c1cnccc1N. The Kier molecular flexibility index (Phi) is 3.00. The summed E-state index contributed by atoms with van der Waals surface area (Å²) in [5.41, 5.74) is 4.81. The first-order chi connectivity index (χ1) is 8.41. The van der Waals surface area contributed by atoms with Crippen molar-refractivity contribution in [2.45, 2.75) is 12.5 Å². The Morgan fingerprint density at radius 2 is 1.83 bits per heavy atom. The molecule has 0 fully saturated rings. The lowest BCUT2D eigenvalue weighted by Gasteiger charge is -2.25. The summed E-state index contributed by atoms with van der Waals surface area (Å²) < 4.78 is 26.4. The molecule has 1 aromatic heterocycles. The zero-order valence-corrected chi connectivity index (χ0v) is 9.69. The minimum absolute atomic E-state index is 0.0831. The largest absolute Gasteiger partial charge is 0.398 e. The van der Waals surface area contributed by atoms with Crippen LogP contribution in [-0.4, -0.2) is 10.1 Å². The van der Waals surface area contributed by atoms with Gasteiger partial charge in [0.2, 0.25) is 0 Å². The number of nitrogen functional groups attached to an aromatic ring is 1. The van der Waals surface area contributed by atoms with Gasteiger partial charge in [0.1, 0.15) is 17.2 Å². The van der Waals surface area contributed by atoms with Crippen LogP contribution in [0.15, 0.2) is 36.7 Å². The first kappa shape index (κ1) is 12.4. The predicted molar refractivity (Wildman–Crippen MR) is 63.7 cm³/mol. The molecule has 0 aliphatic rings. The van der Waals surface area contributed by atoms with E-state index in [2.05, 4.69) is 4.98 Å². The molecule has 1 unspecified atom stereocenters. The summed E-state index contributed by atoms with van der Waals surface area (Å²) in [5.74, 6) is -1.51. The molecular formula is C13H12F2N2O. The zero-order chi connectivity index (χ0) is 13.3. The van der Waals surface area contributed by atoms with E-state index < -0.39 is 17.2 Å². The van der Waals surface area contributed by atoms with Crippen LogP contribution in [0.25, 0.3) is 0 Å². The number of hydrogen-bond acceptors (Lipinski definition) is 3. The molecule has 0 amide bonds. The van der Waals surface area contributed by atoms with Gasteiger partial charge in [-0.2, -0.15) is 0 Å². The molecule has 3 nitrogen and oxygen atoms in total. The lowest BCUT2D eigenvalue weighted by atomic mass is 9.88. The molecule has 2 aromatic rings. The lowest BCUT2D eigenvalue weighted by molar-refractivity contribution is 0.102. The van der Waals surface area contributed by atoms with Crippen molar-refractivity contribution in [1.82, 2.24) is 4.98 Å². The molecule has 1 atom stereocenters. The molecule has 0 bridgehead atoms. The molecule has 3 N–H and O–H groups in total. The van der Waals surface area contributed by atoms with E-state index in [1.807, 2.05) is 0 Å². The number of nitrogens with two attached hydrogens (primary N) is 1. The van der Waals surface area contributed by atoms with Gasteiger partial charge >= 0.3 is 0 Å². The first-order valence-corrected chi connectivity index (χ1v) is 5.30. The van der Waals surface area contributed by atoms with Crippen LogP contribution < -0.4 is 5.73 Å². The monoisotopic (exact) mass is 250 g/mol. The Labute approximate surface area is 103 Å². The van der Waals surface area contributed by atoms with Crippen molar-refractivity contribution < 1.29 is 13.9 Å². The third-order valence-corrected chi connectivity index (χ3v) is 2.80. The third-order valence-electron chi connectivity index (χ3n) is 2.80. The van der Waals surface area contributed by atoms with E-state index in [0.717, 1.165) is 18.2 Å². The predicted octanol–water partition coefficient (Wildman–Crippen LogP) is 2.20. The van der Waals surface area contributed by atoms with Crippen molar-refractivity contribution in [3.8, 4) is 0 Å². The molecule has 0 saturated carbocycles. The van der Waals surface area contributed by atoms with Gasteiger partial charge in [-0.1, -0.05) is 0 Å². The molecule has 0 aliphatic heterocycles. The van der Waals surface area contributed by atoms with E-state index in [4.69, 9.17) is 5.73 Å². The standard InChI is InChI=1S/C13H12F2N2O/c1-13(18,11-7-17-3-2-12(11)16)8-4-9(14)6-10(15)5-8/h2-7,18H,1H3,(H2,16,17). The van der Waals surface area contributed by atoms with Gasteiger partial charge in [0, 0.05) is 29.7 Å². The molecule has 0 spiro atoms. The van der Waals surface area contributed by atoms with Crippen LogP contribution in [0.5, 0.6) is 0 Å². The molecule has 1 aromatic carbocycles. The lowest BCUT2D eigenvalue weighted by Crippen LogP contribution is -2.25. The Bertz CT molecular complexity index is 565. The summed E-state index contributed by atoms with van der Waals surface area (Å²) in [4.78, 5) is 3.85. The number of aliphatic hydroxyl groups is 1. The van der Waals surface area contributed by atoms with Crippen molar-refractivity contribution in [2.24, 2.45) is 0 Å². The topological polar surface area (TPSA) is 59.1 Å². The molecule has 5 heteroatoms. The number of hydrogen-bond donors (Lipinski definition) is 2. The second-order valence-electron chi connectivity index (χ2n) is 4.19. The fraction of sp³-hybridized carbons (Fsp3) is 0.154. The zero-order valence-electron chi connectivity index (χ0n) is 9.69. The maximum absolute atomic E-state index is 13.2. The number of nitrogens with zero attached hydrogens (tertiary/aromatic N) is 1. The van der Waals surface area contributed by atoms with E-state index in [9.17, 15) is 13.9 Å². The van der Waals surface area contributed by atoms with Gasteiger partial charge in [-0.05, 0) is 30.7 Å². The van der Waals surface area contributed by atoms with Crippen molar-refractivity contribution in [3.63, 3.8) is 0 Å². The molecular weight excluding hydrogens is 238 g/mol. The van der Waals surface area contributed by atoms with E-state index in [1.165, 1.54) is 25.4 Å². The average Bonchev–Trinajstić information content (AvgIpc) is 2.28. The van der Waals surface area contributed by atoms with Crippen LogP contribution in [-0.2, 0) is 5.60 Å². The van der Waals surface area contributed by atoms with Gasteiger partial charge in [0.15, 0.2) is 0 Å². The smallest absolute Gasteiger partial charge is 0.126 e. The average molecular weight is 250 g/mol. The molecule has 0 radical (unpaired) electrons. The summed E-state index contributed by atoms with van der Waals surface area (Å²) in [6.45, 7) is 1.41. The van der Waals surface area contributed by atoms with Crippen LogP contribution in [0, 0.1) is 11.6 Å². The fourth-order valence-electron chi connectivity index (χ4n) is 1.80. The summed E-state index contributed by atoms with van der Waals surface area (Å²) in [5, 5.41) is 10.4. The Morgan fingerprint density at radius 3 is 2.39 bits per heavy atom. The van der Waals surface area contributed by atoms with Crippen molar-refractivity contribution in [3.05, 3.63) is 59.4 Å². The fourth-order valence-corrected chi connectivity index (χ4v) is 1.80. The second-order valence-corrected chi connectivity index (χ2v) is 4.19. The van der Waals surface area contributed by atoms with E-state index in [-0.39, 0.29) is 5.56 Å². The second kappa shape index (κ2) is 4.34. The number of pyridine rings is 1. The highest BCUT2D eigenvalue weighted by Gasteiger charge is 2.29. The normalized spacial score (nSPS) is 14.2. The van der Waals surface area contributed by atoms with Gasteiger partial charge in [-0.25, -0.2) is 8.78 Å². The van der Waals surface area contributed by atoms with Crippen molar-refractivity contribution in [2.75, 3.05) is 5.73 Å². The van der Waals surface area contributed by atoms with Crippen LogP contribution in [0.4, 0.5) is 14.5 Å². The minimum Gasteiger partial charge on any atom is -0.398 e. The summed E-state index contributed by atoms with van der Waals surface area (Å²) >= 11 is 0. The van der Waals surface area contributed by atoms with Crippen LogP contribution in [0.1, 0.15) is 18.1 Å². The van der Waals surface area contributed by atoms with Gasteiger partial charge in [0.05, 0.1) is 0 Å². The number of benzene rings is 1. The quantitative estimate of drug-likeness (QED) is 0.859. The number of aromatic nitrogens is 1. The van der Waals surface area contributed by atoms with E-state index in [0.29, 0.717) is 11.3 Å². The highest BCUT2D eigenvalue weighted by atomic mass is 19.1. The summed E-state index contributed by atoms with van der Waals surface area (Å²) in [6, 6.07) is 4.39. The van der Waals surface area contributed by atoms with E-state index >= 15 is 0 Å². The Morgan fingerprint density at radius 1 is 1.22 bits per heavy atom. The molecule has 0 saturated heterocycles. The minimum atomic E-state index is -1.61. The third kappa shape index (κ3) is 2.17. The number of anilines is 1. The maximum Gasteiger partial charge on any atom is 0.126 e. The van der Waals surface area contributed by atoms with Crippen molar-refractivity contribution in [1.29, 1.82) is 0 Å². The van der Waals surface area contributed by atoms with Gasteiger partial charge in [-0.15, -0.1) is 0 Å². The summed E-state index contributed by atoms with van der Waals surface area (Å²) in [7, 11) is 0.